The first-order valence-corrected chi connectivity index (χ1v) is 12.4. The summed E-state index contributed by atoms with van der Waals surface area (Å²) in [6, 6.07) is 0. The van der Waals surface area contributed by atoms with Crippen molar-refractivity contribution in [3.05, 3.63) is 0 Å². The van der Waals surface area contributed by atoms with Crippen molar-refractivity contribution in [3.8, 4) is 0 Å². The van der Waals surface area contributed by atoms with Crippen LogP contribution in [0.3, 0.4) is 0 Å². The number of rotatable bonds is 0. The lowest BCUT2D eigenvalue weighted by molar-refractivity contribution is -0.121. The third-order valence-electron chi connectivity index (χ3n) is 9.43. The standard InChI is InChI=1S/C21H34OS2/c1-19-9-10-21(23-11-12-24-21)13-14(19)3-4-15-16-5-6-18(22)20(16,2)8-7-17(15)19/h14-18,22H,3-13H2,1-2H3/t14-,15-,16-,17-,18-,19-,20-/m0/s1. The molecule has 4 saturated carbocycles. The van der Waals surface area contributed by atoms with E-state index in [4.69, 9.17) is 0 Å². The van der Waals surface area contributed by atoms with E-state index >= 15 is 0 Å². The van der Waals surface area contributed by atoms with Gasteiger partial charge in [0.25, 0.3) is 0 Å². The Morgan fingerprint density at radius 3 is 2.33 bits per heavy atom. The number of thioether (sulfide) groups is 2. The molecule has 0 aromatic heterocycles. The van der Waals surface area contributed by atoms with Crippen LogP contribution in [0.1, 0.15) is 71.6 Å². The van der Waals surface area contributed by atoms with Crippen molar-refractivity contribution in [2.24, 2.45) is 34.5 Å². The van der Waals surface area contributed by atoms with E-state index in [0.29, 0.717) is 9.49 Å². The van der Waals surface area contributed by atoms with Crippen molar-refractivity contribution < 1.29 is 5.11 Å². The van der Waals surface area contributed by atoms with Crippen LogP contribution in [0.5, 0.6) is 0 Å². The van der Waals surface area contributed by atoms with Crippen molar-refractivity contribution >= 4 is 23.5 Å². The number of hydrogen-bond donors (Lipinski definition) is 1. The Labute approximate surface area is 156 Å². The summed E-state index contributed by atoms with van der Waals surface area (Å²) in [4.78, 5) is 0. The van der Waals surface area contributed by atoms with E-state index in [1.165, 1.54) is 62.9 Å². The zero-order valence-electron chi connectivity index (χ0n) is 15.4. The summed E-state index contributed by atoms with van der Waals surface area (Å²) < 4.78 is 0.601. The summed E-state index contributed by atoms with van der Waals surface area (Å²) in [5.74, 6) is 6.43. The van der Waals surface area contributed by atoms with Crippen LogP contribution in [0.15, 0.2) is 0 Å². The second kappa shape index (κ2) is 5.58. The molecule has 0 bridgehead atoms. The van der Waals surface area contributed by atoms with Gasteiger partial charge in [0.15, 0.2) is 0 Å². The molecule has 0 radical (unpaired) electrons. The molecule has 1 saturated heterocycles. The summed E-state index contributed by atoms with van der Waals surface area (Å²) in [6.07, 6.45) is 12.4. The molecule has 1 aliphatic heterocycles. The molecule has 7 atom stereocenters. The Morgan fingerprint density at radius 2 is 1.54 bits per heavy atom. The molecule has 4 aliphatic carbocycles. The molecule has 1 spiro atoms. The van der Waals surface area contributed by atoms with E-state index in [2.05, 4.69) is 37.4 Å². The van der Waals surface area contributed by atoms with Crippen molar-refractivity contribution in [1.29, 1.82) is 0 Å². The Balaban J connectivity index is 1.41. The minimum absolute atomic E-state index is 0.0186. The highest BCUT2D eigenvalue weighted by atomic mass is 32.2. The molecule has 1 nitrogen and oxygen atoms in total. The van der Waals surface area contributed by atoms with E-state index < -0.39 is 0 Å². The molecule has 0 aromatic carbocycles. The molecule has 5 rings (SSSR count). The van der Waals surface area contributed by atoms with E-state index in [9.17, 15) is 5.11 Å². The predicted molar refractivity (Wildman–Crippen MR) is 105 cm³/mol. The van der Waals surface area contributed by atoms with Gasteiger partial charge in [0, 0.05) is 11.5 Å². The molecule has 24 heavy (non-hydrogen) atoms. The first-order valence-electron chi connectivity index (χ1n) is 10.4. The Kier molecular flexibility index (Phi) is 3.91. The summed E-state index contributed by atoms with van der Waals surface area (Å²) in [5, 5.41) is 10.6. The fourth-order valence-electron chi connectivity index (χ4n) is 7.93. The molecule has 1 N–H and O–H groups in total. The van der Waals surface area contributed by atoms with Crippen LogP contribution in [0.2, 0.25) is 0 Å². The fraction of sp³-hybridized carbons (Fsp3) is 1.00. The van der Waals surface area contributed by atoms with Crippen molar-refractivity contribution in [1.82, 2.24) is 0 Å². The highest BCUT2D eigenvalue weighted by Crippen LogP contribution is 2.69. The summed E-state index contributed by atoms with van der Waals surface area (Å²) >= 11 is 4.59. The number of hydrogen-bond acceptors (Lipinski definition) is 3. The van der Waals surface area contributed by atoms with Gasteiger partial charge in [-0.25, -0.2) is 0 Å². The molecule has 136 valence electrons. The van der Waals surface area contributed by atoms with Crippen LogP contribution < -0.4 is 0 Å². The average Bonchev–Trinajstić information content (AvgIpc) is 3.14. The number of aliphatic hydroxyl groups is 1. The second-order valence-electron chi connectivity index (χ2n) is 10.1. The number of fused-ring (bicyclic) bond motifs is 5. The maximum absolute atomic E-state index is 10.6. The lowest BCUT2D eigenvalue weighted by Gasteiger charge is -2.62. The van der Waals surface area contributed by atoms with Gasteiger partial charge in [0.05, 0.1) is 10.2 Å². The summed E-state index contributed by atoms with van der Waals surface area (Å²) in [5.41, 5.74) is 0.851. The van der Waals surface area contributed by atoms with Gasteiger partial charge in [-0.2, -0.15) is 0 Å². The largest absolute Gasteiger partial charge is 0.393 e. The Morgan fingerprint density at radius 1 is 0.792 bits per heavy atom. The second-order valence-corrected chi connectivity index (χ2v) is 13.3. The molecular formula is C21H34OS2. The Hall–Kier alpha value is 0.660. The van der Waals surface area contributed by atoms with Gasteiger partial charge in [-0.1, -0.05) is 13.8 Å². The molecule has 3 heteroatoms. The van der Waals surface area contributed by atoms with E-state index in [0.717, 1.165) is 30.1 Å². The van der Waals surface area contributed by atoms with Gasteiger partial charge in [-0.05, 0) is 92.3 Å². The topological polar surface area (TPSA) is 20.2 Å². The molecule has 0 unspecified atom stereocenters. The summed E-state index contributed by atoms with van der Waals surface area (Å²) in [7, 11) is 0. The first kappa shape index (κ1) is 16.8. The maximum Gasteiger partial charge on any atom is 0.0614 e. The third kappa shape index (κ3) is 2.19. The van der Waals surface area contributed by atoms with Crippen LogP contribution in [0, 0.1) is 34.5 Å². The van der Waals surface area contributed by atoms with Crippen molar-refractivity contribution in [2.45, 2.75) is 81.8 Å². The lowest BCUT2D eigenvalue weighted by Crippen LogP contribution is -2.55. The normalized spacial score (nSPS) is 55.9. The predicted octanol–water partition coefficient (Wildman–Crippen LogP) is 5.57. The zero-order chi connectivity index (χ0) is 16.6. The average molecular weight is 367 g/mol. The van der Waals surface area contributed by atoms with E-state index in [1.807, 2.05) is 0 Å². The quantitative estimate of drug-likeness (QED) is 0.605. The molecule has 1 heterocycles. The lowest BCUT2D eigenvalue weighted by atomic mass is 9.45. The van der Waals surface area contributed by atoms with E-state index in [-0.39, 0.29) is 11.5 Å². The minimum Gasteiger partial charge on any atom is -0.393 e. The smallest absolute Gasteiger partial charge is 0.0614 e. The van der Waals surface area contributed by atoms with Gasteiger partial charge in [-0.3, -0.25) is 0 Å². The van der Waals surface area contributed by atoms with E-state index in [1.54, 1.807) is 0 Å². The van der Waals surface area contributed by atoms with Crippen LogP contribution >= 0.6 is 23.5 Å². The van der Waals surface area contributed by atoms with Crippen LogP contribution in [-0.2, 0) is 0 Å². The maximum atomic E-state index is 10.6. The van der Waals surface area contributed by atoms with Crippen LogP contribution in [0.25, 0.3) is 0 Å². The zero-order valence-corrected chi connectivity index (χ0v) is 17.1. The SMILES string of the molecule is C[C@]12CCC3(C[C@@H]1CC[C@@H]1[C@@H]2CC[C@]2(C)[C@@H](O)CC[C@@H]12)SCCS3. The van der Waals surface area contributed by atoms with Crippen LogP contribution in [-0.4, -0.2) is 26.8 Å². The highest BCUT2D eigenvalue weighted by Gasteiger charge is 2.61. The Bertz CT molecular complexity index is 516. The molecule has 0 amide bonds. The summed E-state index contributed by atoms with van der Waals surface area (Å²) in [6.45, 7) is 5.10. The van der Waals surface area contributed by atoms with Crippen molar-refractivity contribution in [3.63, 3.8) is 0 Å². The van der Waals surface area contributed by atoms with Gasteiger partial charge in [0.2, 0.25) is 0 Å². The third-order valence-corrected chi connectivity index (χ3v) is 13.0. The molecule has 0 aromatic rings. The molecular weight excluding hydrogens is 332 g/mol. The number of aliphatic hydroxyl groups excluding tert-OH is 1. The fourth-order valence-corrected chi connectivity index (χ4v) is 11.3. The molecule has 5 fully saturated rings. The van der Waals surface area contributed by atoms with Gasteiger partial charge < -0.3 is 5.11 Å². The van der Waals surface area contributed by atoms with Crippen LogP contribution in [0.4, 0.5) is 0 Å². The molecule has 5 aliphatic rings. The monoisotopic (exact) mass is 366 g/mol. The van der Waals surface area contributed by atoms with Gasteiger partial charge in [0.1, 0.15) is 0 Å². The van der Waals surface area contributed by atoms with Crippen molar-refractivity contribution in [2.75, 3.05) is 11.5 Å². The van der Waals surface area contributed by atoms with Gasteiger partial charge in [-0.15, -0.1) is 23.5 Å². The first-order chi connectivity index (χ1) is 11.5. The minimum atomic E-state index is -0.0186. The highest BCUT2D eigenvalue weighted by molar-refractivity contribution is 8.21. The van der Waals surface area contributed by atoms with Gasteiger partial charge >= 0.3 is 0 Å².